The van der Waals surface area contributed by atoms with Crippen molar-refractivity contribution in [2.75, 3.05) is 11.4 Å². The fourth-order valence-corrected chi connectivity index (χ4v) is 2.71. The number of carbonyl (C=O) groups excluding carboxylic acids is 2. The number of nitrogens with one attached hydrogen (secondary N) is 1. The number of amides is 2. The van der Waals surface area contributed by atoms with E-state index in [1.165, 1.54) is 29.6 Å². The summed E-state index contributed by atoms with van der Waals surface area (Å²) in [4.78, 5) is 25.5. The molecule has 2 amide bonds. The van der Waals surface area contributed by atoms with Gasteiger partial charge in [-0.2, -0.15) is 13.2 Å². The van der Waals surface area contributed by atoms with Crippen molar-refractivity contribution in [2.24, 2.45) is 5.92 Å². The summed E-state index contributed by atoms with van der Waals surface area (Å²) in [5.41, 5.74) is 0.100. The van der Waals surface area contributed by atoms with E-state index in [1.807, 2.05) is 0 Å². The molecule has 8 heteroatoms. The summed E-state index contributed by atoms with van der Waals surface area (Å²) in [7, 11) is 0. The van der Waals surface area contributed by atoms with E-state index in [1.54, 1.807) is 6.07 Å². The highest BCUT2D eigenvalue weighted by Gasteiger charge is 2.36. The van der Waals surface area contributed by atoms with E-state index in [0.29, 0.717) is 0 Å². The summed E-state index contributed by atoms with van der Waals surface area (Å²) in [6.45, 7) is 0.320. The molecule has 0 saturated carbocycles. The SMILES string of the molecule is O=C(NCc1ccoc1)[C@@H]1CC(=O)N(c2cccc(C(F)(F)F)c2)C1. The van der Waals surface area contributed by atoms with E-state index in [9.17, 15) is 22.8 Å². The van der Waals surface area contributed by atoms with Gasteiger partial charge < -0.3 is 14.6 Å². The molecule has 3 rings (SSSR count). The van der Waals surface area contributed by atoms with E-state index < -0.39 is 17.7 Å². The quantitative estimate of drug-likeness (QED) is 0.920. The molecule has 1 atom stereocenters. The van der Waals surface area contributed by atoms with Crippen LogP contribution in [-0.4, -0.2) is 18.4 Å². The molecule has 5 nitrogen and oxygen atoms in total. The second-order valence-electron chi connectivity index (χ2n) is 5.80. The largest absolute Gasteiger partial charge is 0.472 e. The van der Waals surface area contributed by atoms with Gasteiger partial charge in [-0.3, -0.25) is 9.59 Å². The van der Waals surface area contributed by atoms with Gasteiger partial charge in [0.25, 0.3) is 0 Å². The number of nitrogens with zero attached hydrogens (tertiary/aromatic N) is 1. The molecule has 0 unspecified atom stereocenters. The van der Waals surface area contributed by atoms with E-state index in [2.05, 4.69) is 5.32 Å². The number of hydrogen-bond donors (Lipinski definition) is 1. The minimum Gasteiger partial charge on any atom is -0.472 e. The van der Waals surface area contributed by atoms with Gasteiger partial charge in [-0.1, -0.05) is 6.07 Å². The van der Waals surface area contributed by atoms with Crippen molar-refractivity contribution in [3.05, 3.63) is 54.0 Å². The lowest BCUT2D eigenvalue weighted by molar-refractivity contribution is -0.137. The fraction of sp³-hybridized carbons (Fsp3) is 0.294. The zero-order chi connectivity index (χ0) is 18.0. The van der Waals surface area contributed by atoms with Gasteiger partial charge in [-0.05, 0) is 24.3 Å². The average Bonchev–Trinajstić information content (AvgIpc) is 3.21. The number of hydrogen-bond acceptors (Lipinski definition) is 3. The predicted octanol–water partition coefficient (Wildman–Crippen LogP) is 2.97. The maximum atomic E-state index is 12.8. The predicted molar refractivity (Wildman–Crippen MR) is 82.5 cm³/mol. The smallest absolute Gasteiger partial charge is 0.416 e. The molecule has 2 heterocycles. The van der Waals surface area contributed by atoms with Gasteiger partial charge >= 0.3 is 6.18 Å². The Morgan fingerprint density at radius 1 is 1.32 bits per heavy atom. The molecule has 0 bridgehead atoms. The van der Waals surface area contributed by atoms with Gasteiger partial charge in [0.05, 0.1) is 24.0 Å². The highest BCUT2D eigenvalue weighted by Crippen LogP contribution is 2.33. The van der Waals surface area contributed by atoms with Crippen LogP contribution in [0.4, 0.5) is 18.9 Å². The Morgan fingerprint density at radius 2 is 2.12 bits per heavy atom. The highest BCUT2D eigenvalue weighted by atomic mass is 19.4. The van der Waals surface area contributed by atoms with Gasteiger partial charge in [-0.15, -0.1) is 0 Å². The van der Waals surface area contributed by atoms with Crippen LogP contribution in [0, 0.1) is 5.92 Å². The lowest BCUT2D eigenvalue weighted by atomic mass is 10.1. The lowest BCUT2D eigenvalue weighted by Crippen LogP contribution is -2.32. The normalized spacial score (nSPS) is 17.8. The zero-order valence-electron chi connectivity index (χ0n) is 13.0. The van der Waals surface area contributed by atoms with Crippen molar-refractivity contribution in [3.63, 3.8) is 0 Å². The molecule has 0 spiro atoms. The summed E-state index contributed by atoms with van der Waals surface area (Å²) < 4.78 is 43.3. The van der Waals surface area contributed by atoms with Crippen LogP contribution in [0.25, 0.3) is 0 Å². The van der Waals surface area contributed by atoms with Gasteiger partial charge in [0.2, 0.25) is 11.8 Å². The Kier molecular flexibility index (Phi) is 4.52. The summed E-state index contributed by atoms with van der Waals surface area (Å²) in [6.07, 6.45) is -1.54. The molecule has 1 aliphatic rings. The Morgan fingerprint density at radius 3 is 2.80 bits per heavy atom. The summed E-state index contributed by atoms with van der Waals surface area (Å²) in [5, 5.41) is 2.70. The monoisotopic (exact) mass is 352 g/mol. The summed E-state index contributed by atoms with van der Waals surface area (Å²) in [5.74, 6) is -1.29. The second-order valence-corrected chi connectivity index (χ2v) is 5.80. The van der Waals surface area contributed by atoms with Crippen LogP contribution in [0.2, 0.25) is 0 Å². The fourth-order valence-electron chi connectivity index (χ4n) is 2.71. The first-order valence-corrected chi connectivity index (χ1v) is 7.61. The topological polar surface area (TPSA) is 62.6 Å². The first-order chi connectivity index (χ1) is 11.8. The van der Waals surface area contributed by atoms with Crippen LogP contribution in [0.3, 0.4) is 0 Å². The van der Waals surface area contributed by atoms with Crippen LogP contribution < -0.4 is 10.2 Å². The molecule has 0 radical (unpaired) electrons. The third-order valence-electron chi connectivity index (χ3n) is 4.03. The van der Waals surface area contributed by atoms with Crippen molar-refractivity contribution >= 4 is 17.5 Å². The number of rotatable bonds is 4. The molecule has 1 saturated heterocycles. The molecule has 1 aromatic carbocycles. The van der Waals surface area contributed by atoms with E-state index >= 15 is 0 Å². The van der Waals surface area contributed by atoms with Crippen LogP contribution >= 0.6 is 0 Å². The molecule has 2 aromatic rings. The number of benzene rings is 1. The molecule has 1 aliphatic heterocycles. The maximum absolute atomic E-state index is 12.8. The van der Waals surface area contributed by atoms with Crippen LogP contribution in [-0.2, 0) is 22.3 Å². The first-order valence-electron chi connectivity index (χ1n) is 7.61. The summed E-state index contributed by atoms with van der Waals surface area (Å²) in [6, 6.07) is 6.24. The standard InChI is InChI=1S/C17H15F3N2O3/c18-17(19,20)13-2-1-3-14(7-13)22-9-12(6-15(22)23)16(24)21-8-11-4-5-25-10-11/h1-5,7,10,12H,6,8-9H2,(H,21,24)/t12-/m1/s1. The average molecular weight is 352 g/mol. The maximum Gasteiger partial charge on any atom is 0.416 e. The third kappa shape index (κ3) is 3.84. The molecule has 1 N–H and O–H groups in total. The van der Waals surface area contributed by atoms with Gasteiger partial charge in [-0.25, -0.2) is 0 Å². The van der Waals surface area contributed by atoms with Gasteiger partial charge in [0, 0.05) is 30.8 Å². The Labute approximate surface area is 141 Å². The molecular formula is C17H15F3N2O3. The lowest BCUT2D eigenvalue weighted by Gasteiger charge is -2.18. The van der Waals surface area contributed by atoms with Crippen molar-refractivity contribution < 1.29 is 27.2 Å². The molecule has 0 aliphatic carbocycles. The van der Waals surface area contributed by atoms with Crippen molar-refractivity contribution in [3.8, 4) is 0 Å². The molecule has 132 valence electrons. The third-order valence-corrected chi connectivity index (χ3v) is 4.03. The number of halogens is 3. The van der Waals surface area contributed by atoms with Crippen LogP contribution in [0.5, 0.6) is 0 Å². The highest BCUT2D eigenvalue weighted by molar-refractivity contribution is 6.00. The van der Waals surface area contributed by atoms with Crippen LogP contribution in [0.15, 0.2) is 47.3 Å². The second kappa shape index (κ2) is 6.62. The van der Waals surface area contributed by atoms with Crippen molar-refractivity contribution in [1.82, 2.24) is 5.32 Å². The van der Waals surface area contributed by atoms with Gasteiger partial charge in [0.15, 0.2) is 0 Å². The van der Waals surface area contributed by atoms with E-state index in [0.717, 1.165) is 17.7 Å². The molecule has 1 aromatic heterocycles. The van der Waals surface area contributed by atoms with Crippen molar-refractivity contribution in [1.29, 1.82) is 0 Å². The van der Waals surface area contributed by atoms with Crippen molar-refractivity contribution in [2.45, 2.75) is 19.1 Å². The van der Waals surface area contributed by atoms with Crippen LogP contribution in [0.1, 0.15) is 17.5 Å². The number of anilines is 1. The summed E-state index contributed by atoms with van der Waals surface area (Å²) >= 11 is 0. The Hall–Kier alpha value is -2.77. The minimum atomic E-state index is -4.49. The number of carbonyl (C=O) groups is 2. The zero-order valence-corrected chi connectivity index (χ0v) is 13.0. The first kappa shape index (κ1) is 17.1. The number of furan rings is 1. The Balaban J connectivity index is 1.67. The van der Waals surface area contributed by atoms with Gasteiger partial charge in [0.1, 0.15) is 0 Å². The van der Waals surface area contributed by atoms with E-state index in [-0.39, 0.29) is 37.0 Å². The molecule has 1 fully saturated rings. The number of alkyl halides is 3. The molecule has 25 heavy (non-hydrogen) atoms. The minimum absolute atomic E-state index is 0.0343. The Bertz CT molecular complexity index is 772. The van der Waals surface area contributed by atoms with E-state index in [4.69, 9.17) is 4.42 Å². The molecular weight excluding hydrogens is 337 g/mol.